The zero-order chi connectivity index (χ0) is 16.7. The van der Waals surface area contributed by atoms with Crippen molar-refractivity contribution in [2.24, 2.45) is 0 Å². The second-order valence-electron chi connectivity index (χ2n) is 5.03. The van der Waals surface area contributed by atoms with Crippen LogP contribution in [-0.4, -0.2) is 19.6 Å². The van der Waals surface area contributed by atoms with E-state index in [1.807, 2.05) is 12.1 Å². The van der Waals surface area contributed by atoms with Gasteiger partial charge in [-0.1, -0.05) is 19.4 Å². The summed E-state index contributed by atoms with van der Waals surface area (Å²) in [7, 11) is 1.60. The van der Waals surface area contributed by atoms with Gasteiger partial charge < -0.3 is 14.8 Å². The molecule has 122 valence electrons. The standard InChI is InChI=1S/C18H20BrNO3/c1-3-4-10-23-15-7-5-6-13(11-15)18(21)20-14-8-9-17(22-2)16(19)12-14/h5-9,11-12H,3-4,10H2,1-2H3,(H,20,21). The highest BCUT2D eigenvalue weighted by atomic mass is 79.9. The predicted molar refractivity (Wildman–Crippen MR) is 95.5 cm³/mol. The van der Waals surface area contributed by atoms with Crippen LogP contribution in [0, 0.1) is 0 Å². The van der Waals surface area contributed by atoms with E-state index in [9.17, 15) is 4.79 Å². The van der Waals surface area contributed by atoms with Gasteiger partial charge in [0.15, 0.2) is 0 Å². The highest BCUT2D eigenvalue weighted by molar-refractivity contribution is 9.10. The van der Waals surface area contributed by atoms with E-state index in [2.05, 4.69) is 28.2 Å². The molecule has 2 rings (SSSR count). The summed E-state index contributed by atoms with van der Waals surface area (Å²) in [6, 6.07) is 12.6. The van der Waals surface area contributed by atoms with Crippen LogP contribution in [0.5, 0.6) is 11.5 Å². The maximum Gasteiger partial charge on any atom is 0.255 e. The van der Waals surface area contributed by atoms with Crippen molar-refractivity contribution in [2.45, 2.75) is 19.8 Å². The molecule has 23 heavy (non-hydrogen) atoms. The van der Waals surface area contributed by atoms with E-state index in [0.29, 0.717) is 29.4 Å². The lowest BCUT2D eigenvalue weighted by molar-refractivity contribution is 0.102. The molecule has 2 aromatic carbocycles. The third-order valence-electron chi connectivity index (χ3n) is 3.27. The van der Waals surface area contributed by atoms with Gasteiger partial charge in [-0.2, -0.15) is 0 Å². The van der Waals surface area contributed by atoms with Gasteiger partial charge in [-0.3, -0.25) is 4.79 Å². The first-order valence-electron chi connectivity index (χ1n) is 7.51. The first-order valence-corrected chi connectivity index (χ1v) is 8.31. The van der Waals surface area contributed by atoms with Crippen LogP contribution in [0.1, 0.15) is 30.1 Å². The lowest BCUT2D eigenvalue weighted by atomic mass is 10.2. The number of hydrogen-bond acceptors (Lipinski definition) is 3. The number of rotatable bonds is 7. The number of nitrogens with one attached hydrogen (secondary N) is 1. The fourth-order valence-electron chi connectivity index (χ4n) is 2.01. The summed E-state index contributed by atoms with van der Waals surface area (Å²) in [4.78, 5) is 12.3. The number of amides is 1. The van der Waals surface area contributed by atoms with Crippen LogP contribution in [0.15, 0.2) is 46.9 Å². The van der Waals surface area contributed by atoms with Crippen molar-refractivity contribution in [3.05, 3.63) is 52.5 Å². The van der Waals surface area contributed by atoms with Crippen molar-refractivity contribution in [3.8, 4) is 11.5 Å². The van der Waals surface area contributed by atoms with Crippen LogP contribution in [0.4, 0.5) is 5.69 Å². The van der Waals surface area contributed by atoms with Gasteiger partial charge in [-0.25, -0.2) is 0 Å². The molecule has 0 aliphatic carbocycles. The van der Waals surface area contributed by atoms with E-state index >= 15 is 0 Å². The minimum atomic E-state index is -0.178. The van der Waals surface area contributed by atoms with Gasteiger partial charge in [0.25, 0.3) is 5.91 Å². The molecule has 5 heteroatoms. The molecule has 1 amide bonds. The molecule has 0 unspecified atom stereocenters. The lowest BCUT2D eigenvalue weighted by Gasteiger charge is -2.10. The Kier molecular flexibility index (Phi) is 6.47. The topological polar surface area (TPSA) is 47.6 Å². The third kappa shape index (κ3) is 4.99. The molecule has 0 radical (unpaired) electrons. The Morgan fingerprint density at radius 2 is 2.04 bits per heavy atom. The summed E-state index contributed by atoms with van der Waals surface area (Å²) in [5.74, 6) is 1.25. The van der Waals surface area contributed by atoms with Crippen molar-refractivity contribution in [2.75, 3.05) is 19.0 Å². The number of hydrogen-bond donors (Lipinski definition) is 1. The molecule has 0 spiro atoms. The largest absolute Gasteiger partial charge is 0.496 e. The SMILES string of the molecule is CCCCOc1cccc(C(=O)Nc2ccc(OC)c(Br)c2)c1. The van der Waals surface area contributed by atoms with E-state index in [1.54, 1.807) is 37.4 Å². The Morgan fingerprint density at radius 1 is 1.22 bits per heavy atom. The van der Waals surface area contributed by atoms with Crippen LogP contribution >= 0.6 is 15.9 Å². The second-order valence-corrected chi connectivity index (χ2v) is 5.89. The maximum atomic E-state index is 12.3. The molecule has 0 saturated heterocycles. The highest BCUT2D eigenvalue weighted by Crippen LogP contribution is 2.28. The molecule has 0 aromatic heterocycles. The second kappa shape index (κ2) is 8.58. The minimum Gasteiger partial charge on any atom is -0.496 e. The summed E-state index contributed by atoms with van der Waals surface area (Å²) < 4.78 is 11.6. The molecule has 0 aliphatic rings. The normalized spacial score (nSPS) is 10.2. The van der Waals surface area contributed by atoms with Crippen LogP contribution in [-0.2, 0) is 0 Å². The molecule has 0 atom stereocenters. The minimum absolute atomic E-state index is 0.178. The fourth-order valence-corrected chi connectivity index (χ4v) is 2.55. The zero-order valence-corrected chi connectivity index (χ0v) is 14.9. The van der Waals surface area contributed by atoms with Gasteiger partial charge >= 0.3 is 0 Å². The lowest BCUT2D eigenvalue weighted by Crippen LogP contribution is -2.12. The molecule has 1 N–H and O–H groups in total. The van der Waals surface area contributed by atoms with E-state index in [1.165, 1.54) is 0 Å². The molecule has 0 fully saturated rings. The van der Waals surface area contributed by atoms with Crippen LogP contribution in [0.2, 0.25) is 0 Å². The number of halogens is 1. The molecular weight excluding hydrogens is 358 g/mol. The van der Waals surface area contributed by atoms with Gasteiger partial charge in [0.1, 0.15) is 11.5 Å². The number of carbonyl (C=O) groups is 1. The summed E-state index contributed by atoms with van der Waals surface area (Å²) in [5.41, 5.74) is 1.26. The van der Waals surface area contributed by atoms with Crippen molar-refractivity contribution in [1.29, 1.82) is 0 Å². The number of carbonyl (C=O) groups excluding carboxylic acids is 1. The predicted octanol–water partition coefficient (Wildman–Crippen LogP) is 4.89. The summed E-state index contributed by atoms with van der Waals surface area (Å²) in [5, 5.41) is 2.86. The molecule has 2 aromatic rings. The van der Waals surface area contributed by atoms with Crippen molar-refractivity contribution in [3.63, 3.8) is 0 Å². The molecule has 0 aliphatic heterocycles. The van der Waals surface area contributed by atoms with Crippen molar-refractivity contribution < 1.29 is 14.3 Å². The molecular formula is C18H20BrNO3. The van der Waals surface area contributed by atoms with Gasteiger partial charge in [0.2, 0.25) is 0 Å². The Balaban J connectivity index is 2.05. The van der Waals surface area contributed by atoms with Crippen LogP contribution in [0.25, 0.3) is 0 Å². The van der Waals surface area contributed by atoms with E-state index < -0.39 is 0 Å². The molecule has 0 saturated carbocycles. The number of benzene rings is 2. The molecule has 4 nitrogen and oxygen atoms in total. The molecule has 0 bridgehead atoms. The average molecular weight is 378 g/mol. The van der Waals surface area contributed by atoms with Gasteiger partial charge in [0, 0.05) is 11.3 Å². The van der Waals surface area contributed by atoms with E-state index in [4.69, 9.17) is 9.47 Å². The first-order chi connectivity index (χ1) is 11.1. The Hall–Kier alpha value is -2.01. The highest BCUT2D eigenvalue weighted by Gasteiger charge is 2.09. The Labute approximate surface area is 144 Å². The van der Waals surface area contributed by atoms with Crippen LogP contribution in [0.3, 0.4) is 0 Å². The smallest absolute Gasteiger partial charge is 0.255 e. The summed E-state index contributed by atoms with van der Waals surface area (Å²) in [6.45, 7) is 2.77. The van der Waals surface area contributed by atoms with Crippen molar-refractivity contribution in [1.82, 2.24) is 0 Å². The number of anilines is 1. The van der Waals surface area contributed by atoms with Crippen molar-refractivity contribution >= 4 is 27.5 Å². The molecule has 0 heterocycles. The Morgan fingerprint density at radius 3 is 2.74 bits per heavy atom. The monoisotopic (exact) mass is 377 g/mol. The zero-order valence-electron chi connectivity index (χ0n) is 13.3. The average Bonchev–Trinajstić information content (AvgIpc) is 2.55. The summed E-state index contributed by atoms with van der Waals surface area (Å²) in [6.07, 6.45) is 2.07. The van der Waals surface area contributed by atoms with E-state index in [-0.39, 0.29) is 5.91 Å². The first kappa shape index (κ1) is 17.3. The van der Waals surface area contributed by atoms with Crippen LogP contribution < -0.4 is 14.8 Å². The number of ether oxygens (including phenoxy) is 2. The summed E-state index contributed by atoms with van der Waals surface area (Å²) >= 11 is 3.40. The maximum absolute atomic E-state index is 12.3. The fraction of sp³-hybridized carbons (Fsp3) is 0.278. The third-order valence-corrected chi connectivity index (χ3v) is 3.89. The number of unbranched alkanes of at least 4 members (excludes halogenated alkanes) is 1. The van der Waals surface area contributed by atoms with Gasteiger partial charge in [-0.15, -0.1) is 0 Å². The number of methoxy groups -OCH3 is 1. The quantitative estimate of drug-likeness (QED) is 0.698. The van der Waals surface area contributed by atoms with Gasteiger partial charge in [-0.05, 0) is 58.7 Å². The van der Waals surface area contributed by atoms with Gasteiger partial charge in [0.05, 0.1) is 18.2 Å². The van der Waals surface area contributed by atoms with E-state index in [0.717, 1.165) is 17.3 Å². The Bertz CT molecular complexity index is 673.